The molecule has 0 saturated heterocycles. The van der Waals surface area contributed by atoms with Gasteiger partial charge in [0.25, 0.3) is 0 Å². The first kappa shape index (κ1) is 13.7. The molecule has 6 heteroatoms. The summed E-state index contributed by atoms with van der Waals surface area (Å²) >= 11 is 2.15. The number of halogens is 3. The molecule has 0 unspecified atom stereocenters. The molecule has 0 bridgehead atoms. The lowest BCUT2D eigenvalue weighted by atomic mass is 10.1. The van der Waals surface area contributed by atoms with Crippen molar-refractivity contribution in [2.45, 2.75) is 25.2 Å². The minimum atomic E-state index is -0.596. The molecule has 104 valence electrons. The van der Waals surface area contributed by atoms with Crippen LogP contribution in [0.15, 0.2) is 18.2 Å². The van der Waals surface area contributed by atoms with Crippen LogP contribution in [0.5, 0.6) is 0 Å². The number of hydrogen-bond donors (Lipinski definition) is 1. The summed E-state index contributed by atoms with van der Waals surface area (Å²) in [5.41, 5.74) is 7.36. The fraction of sp³-hybridized carbons (Fsp3) is 0.286. The Morgan fingerprint density at radius 1 is 1.15 bits per heavy atom. The van der Waals surface area contributed by atoms with E-state index in [1.54, 1.807) is 0 Å². The van der Waals surface area contributed by atoms with Gasteiger partial charge in [-0.2, -0.15) is 0 Å². The van der Waals surface area contributed by atoms with Gasteiger partial charge in [-0.05, 0) is 53.1 Å². The summed E-state index contributed by atoms with van der Waals surface area (Å²) < 4.78 is 27.3. The second-order valence-corrected chi connectivity index (χ2v) is 6.03. The highest BCUT2D eigenvalue weighted by Gasteiger charge is 2.29. The van der Waals surface area contributed by atoms with Crippen molar-refractivity contribution in [1.82, 2.24) is 9.97 Å². The largest absolute Gasteiger partial charge is 0.383 e. The molecule has 2 aromatic rings. The van der Waals surface area contributed by atoms with Gasteiger partial charge < -0.3 is 5.73 Å². The molecule has 1 aromatic heterocycles. The Morgan fingerprint density at radius 2 is 1.80 bits per heavy atom. The SMILES string of the molecule is Nc1nc(Cc2cc(F)cc(F)c2)nc(C2CC2)c1I. The van der Waals surface area contributed by atoms with Gasteiger partial charge in [-0.25, -0.2) is 18.7 Å². The maximum atomic E-state index is 13.2. The number of nitrogens with two attached hydrogens (primary N) is 1. The second kappa shape index (κ2) is 5.23. The van der Waals surface area contributed by atoms with E-state index in [-0.39, 0.29) is 6.42 Å². The quantitative estimate of drug-likeness (QED) is 0.822. The molecular formula is C14H12F2IN3. The predicted molar refractivity (Wildman–Crippen MR) is 80.3 cm³/mol. The zero-order valence-electron chi connectivity index (χ0n) is 10.5. The van der Waals surface area contributed by atoms with Gasteiger partial charge in [0.2, 0.25) is 0 Å². The monoisotopic (exact) mass is 387 g/mol. The van der Waals surface area contributed by atoms with Gasteiger partial charge in [0.1, 0.15) is 23.3 Å². The van der Waals surface area contributed by atoms with Gasteiger partial charge in [0, 0.05) is 18.4 Å². The van der Waals surface area contributed by atoms with E-state index in [4.69, 9.17) is 5.73 Å². The molecule has 2 N–H and O–H groups in total. The number of aromatic nitrogens is 2. The van der Waals surface area contributed by atoms with Gasteiger partial charge in [-0.1, -0.05) is 0 Å². The van der Waals surface area contributed by atoms with E-state index in [9.17, 15) is 8.78 Å². The van der Waals surface area contributed by atoms with E-state index in [0.29, 0.717) is 23.1 Å². The van der Waals surface area contributed by atoms with E-state index in [2.05, 4.69) is 32.6 Å². The van der Waals surface area contributed by atoms with Crippen LogP contribution in [0.25, 0.3) is 0 Å². The lowest BCUT2D eigenvalue weighted by molar-refractivity contribution is 0.580. The molecular weight excluding hydrogens is 375 g/mol. The fourth-order valence-electron chi connectivity index (χ4n) is 2.13. The van der Waals surface area contributed by atoms with Crippen molar-refractivity contribution < 1.29 is 8.78 Å². The second-order valence-electron chi connectivity index (χ2n) is 4.95. The van der Waals surface area contributed by atoms with E-state index < -0.39 is 11.6 Å². The van der Waals surface area contributed by atoms with Crippen LogP contribution >= 0.6 is 22.6 Å². The average Bonchev–Trinajstić information content (AvgIpc) is 3.16. The summed E-state index contributed by atoms with van der Waals surface area (Å²) in [7, 11) is 0. The third kappa shape index (κ3) is 2.89. The first-order valence-corrected chi connectivity index (χ1v) is 7.37. The molecule has 1 aliphatic carbocycles. The Balaban J connectivity index is 1.94. The number of hydrogen-bond acceptors (Lipinski definition) is 3. The summed E-state index contributed by atoms with van der Waals surface area (Å²) in [5, 5.41) is 0. The van der Waals surface area contributed by atoms with Crippen molar-refractivity contribution >= 4 is 28.4 Å². The Labute approximate surface area is 128 Å². The van der Waals surface area contributed by atoms with E-state index in [1.165, 1.54) is 12.1 Å². The van der Waals surface area contributed by atoms with Crippen LogP contribution in [0.3, 0.4) is 0 Å². The summed E-state index contributed by atoms with van der Waals surface area (Å²) in [5.74, 6) is 0.209. The Hall–Kier alpha value is -1.31. The first-order chi connectivity index (χ1) is 9.52. The van der Waals surface area contributed by atoms with Crippen molar-refractivity contribution in [3.05, 3.63) is 50.5 Å². The van der Waals surface area contributed by atoms with Crippen LogP contribution in [0.1, 0.15) is 35.8 Å². The third-order valence-electron chi connectivity index (χ3n) is 3.20. The molecule has 3 rings (SSSR count). The molecule has 0 atom stereocenters. The van der Waals surface area contributed by atoms with Crippen LogP contribution in [-0.4, -0.2) is 9.97 Å². The van der Waals surface area contributed by atoms with E-state index in [1.807, 2.05) is 0 Å². The van der Waals surface area contributed by atoms with Crippen molar-refractivity contribution in [2.75, 3.05) is 5.73 Å². The lowest BCUT2D eigenvalue weighted by Crippen LogP contribution is -2.07. The van der Waals surface area contributed by atoms with Gasteiger partial charge >= 0.3 is 0 Å². The zero-order valence-corrected chi connectivity index (χ0v) is 12.7. The molecule has 20 heavy (non-hydrogen) atoms. The van der Waals surface area contributed by atoms with Crippen molar-refractivity contribution in [2.24, 2.45) is 0 Å². The number of rotatable bonds is 3. The van der Waals surface area contributed by atoms with Gasteiger partial charge in [-0.15, -0.1) is 0 Å². The summed E-state index contributed by atoms with van der Waals surface area (Å²) in [6.45, 7) is 0. The molecule has 1 saturated carbocycles. The number of nitrogens with zero attached hydrogens (tertiary/aromatic N) is 2. The van der Waals surface area contributed by atoms with Crippen molar-refractivity contribution in [3.63, 3.8) is 0 Å². The highest BCUT2D eigenvalue weighted by Crippen LogP contribution is 2.41. The molecule has 0 amide bonds. The minimum Gasteiger partial charge on any atom is -0.383 e. The van der Waals surface area contributed by atoms with Crippen LogP contribution in [0, 0.1) is 15.2 Å². The van der Waals surface area contributed by atoms with E-state index in [0.717, 1.165) is 28.2 Å². The molecule has 3 nitrogen and oxygen atoms in total. The highest BCUT2D eigenvalue weighted by molar-refractivity contribution is 14.1. The predicted octanol–water partition coefficient (Wildman–Crippen LogP) is 3.41. The minimum absolute atomic E-state index is 0.273. The van der Waals surface area contributed by atoms with Crippen LogP contribution in [0.4, 0.5) is 14.6 Å². The normalized spacial score (nSPS) is 14.6. The number of benzene rings is 1. The summed E-state index contributed by atoms with van der Waals surface area (Å²) in [4.78, 5) is 8.72. The zero-order chi connectivity index (χ0) is 14.3. The van der Waals surface area contributed by atoms with Crippen LogP contribution in [0.2, 0.25) is 0 Å². The molecule has 0 radical (unpaired) electrons. The smallest absolute Gasteiger partial charge is 0.140 e. The number of nitrogen functional groups attached to an aromatic ring is 1. The van der Waals surface area contributed by atoms with Crippen molar-refractivity contribution in [3.8, 4) is 0 Å². The van der Waals surface area contributed by atoms with Gasteiger partial charge in [0.15, 0.2) is 0 Å². The van der Waals surface area contributed by atoms with Gasteiger partial charge in [0.05, 0.1) is 9.26 Å². The standard InChI is InChI=1S/C14H12F2IN3/c15-9-3-7(4-10(16)6-9)5-11-19-13(8-1-2-8)12(17)14(18)20-11/h3-4,6,8H,1-2,5H2,(H2,18,19,20). The van der Waals surface area contributed by atoms with Crippen LogP contribution in [-0.2, 0) is 6.42 Å². The molecule has 1 heterocycles. The third-order valence-corrected chi connectivity index (χ3v) is 4.30. The molecule has 1 aliphatic rings. The van der Waals surface area contributed by atoms with Gasteiger partial charge in [-0.3, -0.25) is 0 Å². The fourth-order valence-corrected chi connectivity index (χ4v) is 2.82. The molecule has 0 spiro atoms. The summed E-state index contributed by atoms with van der Waals surface area (Å²) in [6, 6.07) is 3.43. The maximum absolute atomic E-state index is 13.2. The topological polar surface area (TPSA) is 51.8 Å². The molecule has 0 aliphatic heterocycles. The summed E-state index contributed by atoms with van der Waals surface area (Å²) in [6.07, 6.45) is 2.50. The Kier molecular flexibility index (Phi) is 3.57. The highest BCUT2D eigenvalue weighted by atomic mass is 127. The first-order valence-electron chi connectivity index (χ1n) is 6.29. The van der Waals surface area contributed by atoms with Crippen LogP contribution < -0.4 is 5.73 Å². The number of anilines is 1. The maximum Gasteiger partial charge on any atom is 0.140 e. The Morgan fingerprint density at radius 3 is 2.40 bits per heavy atom. The molecule has 1 fully saturated rings. The van der Waals surface area contributed by atoms with Crippen molar-refractivity contribution in [1.29, 1.82) is 0 Å². The molecule has 1 aromatic carbocycles. The lowest BCUT2D eigenvalue weighted by Gasteiger charge is -2.08. The average molecular weight is 387 g/mol. The Bertz CT molecular complexity index is 651. The van der Waals surface area contributed by atoms with E-state index >= 15 is 0 Å².